The van der Waals surface area contributed by atoms with Crippen molar-refractivity contribution < 1.29 is 19.1 Å². The third kappa shape index (κ3) is 3.57. The van der Waals surface area contributed by atoms with E-state index in [0.29, 0.717) is 31.0 Å². The van der Waals surface area contributed by atoms with Crippen molar-refractivity contribution in [3.05, 3.63) is 23.3 Å². The second kappa shape index (κ2) is 6.94. The second-order valence-corrected chi connectivity index (χ2v) is 7.10. The number of benzene rings is 1. The molecule has 25 heavy (non-hydrogen) atoms. The zero-order valence-electron chi connectivity index (χ0n) is 15.3. The van der Waals surface area contributed by atoms with Gasteiger partial charge < -0.3 is 19.7 Å². The number of carbonyl (C=O) groups excluding carboxylic acids is 2. The average Bonchev–Trinajstić information content (AvgIpc) is 3.39. The quantitative estimate of drug-likeness (QED) is 0.882. The SMILES string of the molecule is COc1cc2c(cc1OC)CN(C(=O)C1CC1C(=O)NC(C)C)CC2. The number of fused-ring (bicyclic) bond motifs is 1. The minimum absolute atomic E-state index is 0.00262. The van der Waals surface area contributed by atoms with Crippen molar-refractivity contribution in [1.29, 1.82) is 0 Å². The summed E-state index contributed by atoms with van der Waals surface area (Å²) in [6.07, 6.45) is 1.45. The van der Waals surface area contributed by atoms with E-state index in [9.17, 15) is 9.59 Å². The van der Waals surface area contributed by atoms with Gasteiger partial charge in [-0.05, 0) is 49.9 Å². The summed E-state index contributed by atoms with van der Waals surface area (Å²) >= 11 is 0. The molecule has 3 rings (SSSR count). The Kier molecular flexibility index (Phi) is 4.88. The van der Waals surface area contributed by atoms with Crippen LogP contribution >= 0.6 is 0 Å². The monoisotopic (exact) mass is 346 g/mol. The number of carbonyl (C=O) groups is 2. The Morgan fingerprint density at radius 2 is 1.76 bits per heavy atom. The Labute approximate surface area is 148 Å². The first-order valence-electron chi connectivity index (χ1n) is 8.77. The zero-order chi connectivity index (χ0) is 18.1. The molecule has 2 atom stereocenters. The summed E-state index contributed by atoms with van der Waals surface area (Å²) in [4.78, 5) is 26.7. The molecule has 0 saturated heterocycles. The summed E-state index contributed by atoms with van der Waals surface area (Å²) < 4.78 is 10.7. The van der Waals surface area contributed by atoms with Crippen molar-refractivity contribution >= 4 is 11.8 Å². The highest BCUT2D eigenvalue weighted by Crippen LogP contribution is 2.41. The van der Waals surface area contributed by atoms with Gasteiger partial charge in [0.1, 0.15) is 0 Å². The van der Waals surface area contributed by atoms with Gasteiger partial charge >= 0.3 is 0 Å². The van der Waals surface area contributed by atoms with Crippen molar-refractivity contribution in [3.63, 3.8) is 0 Å². The normalized spacial score (nSPS) is 21.6. The summed E-state index contributed by atoms with van der Waals surface area (Å²) in [7, 11) is 3.23. The van der Waals surface area contributed by atoms with Crippen molar-refractivity contribution in [2.45, 2.75) is 39.3 Å². The summed E-state index contributed by atoms with van der Waals surface area (Å²) in [6.45, 7) is 5.10. The van der Waals surface area contributed by atoms with Crippen LogP contribution in [0.25, 0.3) is 0 Å². The van der Waals surface area contributed by atoms with E-state index >= 15 is 0 Å². The van der Waals surface area contributed by atoms with E-state index in [1.807, 2.05) is 30.9 Å². The molecule has 0 spiro atoms. The van der Waals surface area contributed by atoms with Crippen LogP contribution < -0.4 is 14.8 Å². The number of rotatable bonds is 5. The number of hydrogen-bond acceptors (Lipinski definition) is 4. The maximum absolute atomic E-state index is 12.7. The summed E-state index contributed by atoms with van der Waals surface area (Å²) in [5, 5.41) is 2.90. The molecule has 0 aromatic heterocycles. The van der Waals surface area contributed by atoms with Crippen LogP contribution in [0.3, 0.4) is 0 Å². The third-order valence-electron chi connectivity index (χ3n) is 4.91. The molecule has 1 N–H and O–H groups in total. The first kappa shape index (κ1) is 17.6. The van der Waals surface area contributed by atoms with Gasteiger partial charge in [0.25, 0.3) is 0 Å². The van der Waals surface area contributed by atoms with Crippen LogP contribution in [0.5, 0.6) is 11.5 Å². The van der Waals surface area contributed by atoms with E-state index in [4.69, 9.17) is 9.47 Å². The van der Waals surface area contributed by atoms with E-state index in [0.717, 1.165) is 12.0 Å². The molecular formula is C19H26N2O4. The molecule has 0 bridgehead atoms. The predicted molar refractivity (Wildman–Crippen MR) is 93.5 cm³/mol. The Morgan fingerprint density at radius 3 is 2.36 bits per heavy atom. The minimum Gasteiger partial charge on any atom is -0.493 e. The molecule has 6 heteroatoms. The lowest BCUT2D eigenvalue weighted by atomic mass is 9.98. The average molecular weight is 346 g/mol. The van der Waals surface area contributed by atoms with Crippen LogP contribution in [0.4, 0.5) is 0 Å². The van der Waals surface area contributed by atoms with Gasteiger partial charge in [0.2, 0.25) is 11.8 Å². The van der Waals surface area contributed by atoms with E-state index in [1.165, 1.54) is 5.56 Å². The van der Waals surface area contributed by atoms with E-state index in [1.54, 1.807) is 14.2 Å². The summed E-state index contributed by atoms with van der Waals surface area (Å²) in [5.41, 5.74) is 2.27. The minimum atomic E-state index is -0.166. The molecule has 2 amide bonds. The van der Waals surface area contributed by atoms with Gasteiger partial charge in [0.15, 0.2) is 11.5 Å². The van der Waals surface area contributed by atoms with Crippen molar-refractivity contribution in [3.8, 4) is 11.5 Å². The van der Waals surface area contributed by atoms with Crippen LogP contribution in [0, 0.1) is 11.8 Å². The third-order valence-corrected chi connectivity index (χ3v) is 4.91. The van der Waals surface area contributed by atoms with Gasteiger partial charge in [0, 0.05) is 19.1 Å². The molecule has 0 radical (unpaired) electrons. The first-order chi connectivity index (χ1) is 11.9. The standard InChI is InChI=1S/C19H26N2O4/c1-11(2)20-18(22)14-9-15(14)19(23)21-6-5-12-7-16(24-3)17(25-4)8-13(12)10-21/h7-8,11,14-15H,5-6,9-10H2,1-4H3,(H,20,22). The topological polar surface area (TPSA) is 67.9 Å². The molecule has 1 aromatic carbocycles. The number of nitrogens with zero attached hydrogens (tertiary/aromatic N) is 1. The Bertz CT molecular complexity index is 686. The molecule has 2 unspecified atom stereocenters. The van der Waals surface area contributed by atoms with Crippen molar-refractivity contribution in [2.75, 3.05) is 20.8 Å². The van der Waals surface area contributed by atoms with E-state index in [-0.39, 0.29) is 29.7 Å². The molecule has 1 aromatic rings. The lowest BCUT2D eigenvalue weighted by molar-refractivity contribution is -0.135. The molecule has 1 fully saturated rings. The van der Waals surface area contributed by atoms with Gasteiger partial charge in [-0.2, -0.15) is 0 Å². The highest BCUT2D eigenvalue weighted by molar-refractivity contribution is 5.92. The maximum Gasteiger partial charge on any atom is 0.226 e. The number of ether oxygens (including phenoxy) is 2. The lowest BCUT2D eigenvalue weighted by Crippen LogP contribution is -2.38. The maximum atomic E-state index is 12.7. The molecule has 1 saturated carbocycles. The summed E-state index contributed by atoms with van der Waals surface area (Å²) in [5.74, 6) is 1.15. The van der Waals surface area contributed by atoms with Crippen LogP contribution in [-0.2, 0) is 22.6 Å². The predicted octanol–water partition coefficient (Wildman–Crippen LogP) is 1.75. The fourth-order valence-electron chi connectivity index (χ4n) is 3.46. The van der Waals surface area contributed by atoms with Crippen LogP contribution in [0.2, 0.25) is 0 Å². The molecule has 136 valence electrons. The highest BCUT2D eigenvalue weighted by atomic mass is 16.5. The molecule has 1 aliphatic carbocycles. The van der Waals surface area contributed by atoms with Gasteiger partial charge in [-0.25, -0.2) is 0 Å². The van der Waals surface area contributed by atoms with Crippen molar-refractivity contribution in [1.82, 2.24) is 10.2 Å². The number of amides is 2. The van der Waals surface area contributed by atoms with E-state index in [2.05, 4.69) is 5.32 Å². The molecule has 6 nitrogen and oxygen atoms in total. The largest absolute Gasteiger partial charge is 0.493 e. The Hall–Kier alpha value is -2.24. The summed E-state index contributed by atoms with van der Waals surface area (Å²) in [6, 6.07) is 4.04. The molecule has 1 heterocycles. The van der Waals surface area contributed by atoms with Gasteiger partial charge in [-0.1, -0.05) is 0 Å². The molecule has 1 aliphatic heterocycles. The molecular weight excluding hydrogens is 320 g/mol. The zero-order valence-corrected chi connectivity index (χ0v) is 15.3. The lowest BCUT2D eigenvalue weighted by Gasteiger charge is -2.30. The first-order valence-corrected chi connectivity index (χ1v) is 8.77. The van der Waals surface area contributed by atoms with E-state index < -0.39 is 0 Å². The van der Waals surface area contributed by atoms with Crippen LogP contribution in [-0.4, -0.2) is 43.5 Å². The van der Waals surface area contributed by atoms with Crippen LogP contribution in [0.15, 0.2) is 12.1 Å². The Morgan fingerprint density at radius 1 is 1.12 bits per heavy atom. The highest BCUT2D eigenvalue weighted by Gasteiger charge is 2.49. The van der Waals surface area contributed by atoms with Gasteiger partial charge in [-0.15, -0.1) is 0 Å². The fraction of sp³-hybridized carbons (Fsp3) is 0.579. The van der Waals surface area contributed by atoms with Crippen molar-refractivity contribution in [2.24, 2.45) is 11.8 Å². The second-order valence-electron chi connectivity index (χ2n) is 7.10. The fourth-order valence-corrected chi connectivity index (χ4v) is 3.46. The molecule has 2 aliphatic rings. The van der Waals surface area contributed by atoms with Gasteiger partial charge in [0.05, 0.1) is 26.1 Å². The number of hydrogen-bond donors (Lipinski definition) is 1. The van der Waals surface area contributed by atoms with Crippen LogP contribution in [0.1, 0.15) is 31.4 Å². The van der Waals surface area contributed by atoms with Gasteiger partial charge in [-0.3, -0.25) is 9.59 Å². The smallest absolute Gasteiger partial charge is 0.226 e. The Balaban J connectivity index is 1.67. The number of nitrogens with one attached hydrogen (secondary N) is 1. The number of methoxy groups -OCH3 is 2.